The van der Waals surface area contributed by atoms with Gasteiger partial charge in [0.25, 0.3) is 0 Å². The average Bonchev–Trinajstić information content (AvgIpc) is 3.05. The number of nitrogens with two attached hydrogens (primary N) is 1. The number of aromatic hydroxyl groups is 1. The summed E-state index contributed by atoms with van der Waals surface area (Å²) in [6.45, 7) is -1.97. The first-order valence-corrected chi connectivity index (χ1v) is 23.1. The third-order valence-electron chi connectivity index (χ3n) is 6.93. The van der Waals surface area contributed by atoms with Gasteiger partial charge in [0.2, 0.25) is 20.8 Å². The van der Waals surface area contributed by atoms with Crippen molar-refractivity contribution in [1.29, 1.82) is 0 Å². The molecule has 4 rings (SSSR count). The topological polar surface area (TPSA) is 411 Å². The Kier molecular flexibility index (Phi) is 21.7. The van der Waals surface area contributed by atoms with Gasteiger partial charge >= 0.3 is 88.7 Å². The maximum Gasteiger partial charge on any atom is 1.00 e. The zero-order valence-electron chi connectivity index (χ0n) is 30.2. The molecule has 0 aliphatic carbocycles. The third kappa shape index (κ3) is 15.9. The molecule has 312 valence electrons. The number of fused-ring (bicyclic) bond motifs is 1. The molecule has 0 amide bonds. The van der Waals surface area contributed by atoms with E-state index in [2.05, 4.69) is 28.8 Å². The molecule has 0 aliphatic heterocycles. The van der Waals surface area contributed by atoms with Crippen molar-refractivity contribution in [3.8, 4) is 5.75 Å². The van der Waals surface area contributed by atoms with Crippen LogP contribution in [0.3, 0.4) is 0 Å². The zero-order valence-corrected chi connectivity index (χ0v) is 41.1. The van der Waals surface area contributed by atoms with Crippen LogP contribution in [0.1, 0.15) is 7.43 Å². The van der Waals surface area contributed by atoms with E-state index in [1.165, 1.54) is 0 Å². The van der Waals surface area contributed by atoms with Crippen molar-refractivity contribution in [2.75, 3.05) is 30.5 Å². The number of sulfone groups is 2. The molecule has 4 aromatic carbocycles. The quantitative estimate of drug-likeness (QED) is 0.0346. The summed E-state index contributed by atoms with van der Waals surface area (Å²) >= 11 is 0. The van der Waals surface area contributed by atoms with Crippen molar-refractivity contribution < 1.29 is 171 Å². The van der Waals surface area contributed by atoms with E-state index < -0.39 is 139 Å². The summed E-state index contributed by atoms with van der Waals surface area (Å²) in [4.78, 5) is -3.29. The minimum Gasteiger partial charge on any atom is -0.744 e. The molecule has 0 spiro atoms. The first-order valence-electron chi connectivity index (χ1n) is 14.3. The Labute approximate surface area is 410 Å². The van der Waals surface area contributed by atoms with Gasteiger partial charge in [0.05, 0.1) is 66.7 Å². The molecule has 0 heterocycles. The molecule has 60 heavy (non-hydrogen) atoms. The van der Waals surface area contributed by atoms with E-state index in [-0.39, 0.29) is 107 Å². The summed E-state index contributed by atoms with van der Waals surface area (Å²) in [7, 11) is -29.8. The Hall–Kier alpha value is -1.60. The normalized spacial score (nSPS) is 12.7. The average molecular weight is 985 g/mol. The van der Waals surface area contributed by atoms with Gasteiger partial charge in [0.1, 0.15) is 31.6 Å². The maximum absolute atomic E-state index is 12.4. The van der Waals surface area contributed by atoms with Gasteiger partial charge in [0.15, 0.2) is 25.4 Å². The van der Waals surface area contributed by atoms with Crippen LogP contribution in [-0.4, -0.2) is 98.5 Å². The Bertz CT molecular complexity index is 2760. The van der Waals surface area contributed by atoms with Gasteiger partial charge in [-0.1, -0.05) is 7.43 Å². The van der Waals surface area contributed by atoms with Crippen molar-refractivity contribution in [3.63, 3.8) is 0 Å². The minimum atomic E-state index is -5.56. The predicted octanol–water partition coefficient (Wildman–Crippen LogP) is -7.08. The number of benzene rings is 4. The number of hydrogen-bond acceptors (Lipinski definition) is 24. The number of nitrogens with zero attached hydrogens (tertiary/aromatic N) is 4. The molecular formula is C27H25N5Na3O19S6-. The van der Waals surface area contributed by atoms with Gasteiger partial charge in [-0.15, -0.1) is 10.2 Å². The molecule has 0 unspecified atom stereocenters. The molecule has 0 aromatic heterocycles. The first-order chi connectivity index (χ1) is 25.6. The summed E-state index contributed by atoms with van der Waals surface area (Å²) in [6, 6.07) is 8.97. The van der Waals surface area contributed by atoms with Crippen LogP contribution in [0.5, 0.6) is 5.75 Å². The zero-order chi connectivity index (χ0) is 42.1. The van der Waals surface area contributed by atoms with Crippen LogP contribution < -0.4 is 94.4 Å². The van der Waals surface area contributed by atoms with Gasteiger partial charge in [-0.05, 0) is 66.0 Å². The predicted molar refractivity (Wildman–Crippen MR) is 189 cm³/mol. The maximum atomic E-state index is 12.4. The van der Waals surface area contributed by atoms with Gasteiger partial charge < -0.3 is 29.1 Å². The van der Waals surface area contributed by atoms with Crippen LogP contribution in [0.25, 0.3) is 10.8 Å². The number of rotatable bonds is 16. The van der Waals surface area contributed by atoms with Gasteiger partial charge in [0, 0.05) is 0 Å². The number of azo groups is 2. The molecule has 0 atom stereocenters. The number of anilines is 1. The van der Waals surface area contributed by atoms with Crippen LogP contribution in [0.15, 0.2) is 101 Å². The van der Waals surface area contributed by atoms with Crippen LogP contribution >= 0.6 is 0 Å². The van der Waals surface area contributed by atoms with Gasteiger partial charge in [-0.2, -0.15) is 10.2 Å². The molecule has 24 nitrogen and oxygen atoms in total. The molecule has 0 saturated heterocycles. The smallest absolute Gasteiger partial charge is 0.744 e. The van der Waals surface area contributed by atoms with E-state index in [0.717, 1.165) is 48.5 Å². The van der Waals surface area contributed by atoms with Gasteiger partial charge in [-0.25, -0.2) is 50.5 Å². The Morgan fingerprint density at radius 3 is 1.22 bits per heavy atom. The monoisotopic (exact) mass is 984 g/mol. The summed E-state index contributed by atoms with van der Waals surface area (Å²) in [5, 5.41) is 24.6. The van der Waals surface area contributed by atoms with Crippen molar-refractivity contribution in [2.45, 2.75) is 27.0 Å². The number of nitrogen functional groups attached to an aromatic ring is 1. The third-order valence-corrected chi connectivity index (χ3v) is 12.9. The van der Waals surface area contributed by atoms with Crippen LogP contribution in [0, 0.1) is 0 Å². The molecular weight excluding hydrogens is 960 g/mol. The molecule has 0 radical (unpaired) electrons. The van der Waals surface area contributed by atoms with Crippen LogP contribution in [0.4, 0.5) is 28.4 Å². The number of phenols is 1. The second-order valence-corrected chi connectivity index (χ2v) is 19.7. The minimum absolute atomic E-state index is 0. The van der Waals surface area contributed by atoms with E-state index in [4.69, 9.17) is 5.73 Å². The fraction of sp³-hybridized carbons (Fsp3) is 0.185. The van der Waals surface area contributed by atoms with E-state index >= 15 is 0 Å². The Balaban J connectivity index is 0.00000870. The molecule has 0 saturated carbocycles. The fourth-order valence-electron chi connectivity index (χ4n) is 4.48. The molecule has 0 fully saturated rings. The molecule has 3 N–H and O–H groups in total. The van der Waals surface area contributed by atoms with Crippen LogP contribution in [0.2, 0.25) is 0 Å². The SMILES string of the molecule is C.Nc1c(N=Nc2ccc(S(=O)(=O)CCOS(=O)(=O)[O-])cc2)c(S(=O)(=O)[O-])cc2cc(S(=O)(=O)[O-])c(N=Nc3ccc(S(=O)(=O)CCOS(=O)(=O)[O-])cc3)c(O)c12.[Na+].[Na+].[Na+]. The van der Waals surface area contributed by atoms with Crippen molar-refractivity contribution in [1.82, 2.24) is 0 Å². The molecule has 0 bridgehead atoms. The number of hydrogen-bond donors (Lipinski definition) is 2. The first kappa shape index (κ1) is 58.4. The summed E-state index contributed by atoms with van der Waals surface area (Å²) in [5.41, 5.74) is 2.91. The van der Waals surface area contributed by atoms with E-state index in [9.17, 15) is 73.8 Å². The summed E-state index contributed by atoms with van der Waals surface area (Å²) in [6.07, 6.45) is 0. The Morgan fingerprint density at radius 1 is 0.550 bits per heavy atom. The van der Waals surface area contributed by atoms with E-state index in [1.807, 2.05) is 0 Å². The molecule has 0 aliphatic rings. The largest absolute Gasteiger partial charge is 1.00 e. The van der Waals surface area contributed by atoms with E-state index in [0.29, 0.717) is 12.1 Å². The van der Waals surface area contributed by atoms with Crippen LogP contribution in [-0.2, 0) is 69.1 Å². The molecule has 4 aromatic rings. The van der Waals surface area contributed by atoms with E-state index in [1.54, 1.807) is 0 Å². The molecule has 33 heteroatoms. The van der Waals surface area contributed by atoms with Gasteiger partial charge in [-0.3, -0.25) is 8.37 Å². The van der Waals surface area contributed by atoms with Crippen molar-refractivity contribution >= 4 is 99.9 Å². The fourth-order valence-corrected chi connectivity index (χ4v) is 8.74. The second kappa shape index (κ2) is 22.3. The number of phenolic OH excluding ortho intramolecular Hbond substituents is 1. The van der Waals surface area contributed by atoms with Crippen molar-refractivity contribution in [2.24, 2.45) is 20.5 Å². The second-order valence-electron chi connectivity index (χ2n) is 10.7. The standard InChI is InChI=1S/C26H25N5O19S6.CH4.3Na/c27-23-22-15(13-20(53(37,38)39)24(23)30-28-16-1-5-18(6-2-16)51(33,34)11-9-49-55(43,44)45)14-21(54(40,41)42)25(26(22)32)31-29-17-3-7-19(8-4-17)52(35,36)12-10-50-56(46,47)48;;;;/h1-8,13-14,32H,9-12,27H2,(H,37,38,39)(H,40,41,42)(H,43,44,45)(H,46,47,48);1H4;;;/q;;3*+1/p-4. The summed E-state index contributed by atoms with van der Waals surface area (Å²) < 4.78 is 194. The van der Waals surface area contributed by atoms with Crippen molar-refractivity contribution in [3.05, 3.63) is 60.7 Å². The summed E-state index contributed by atoms with van der Waals surface area (Å²) in [5.74, 6) is -3.03. The Morgan fingerprint density at radius 2 is 0.883 bits per heavy atom.